The minimum absolute atomic E-state index is 0.299. The number of carbonyl (C=O) groups excluding carboxylic acids is 1. The van der Waals surface area contributed by atoms with Crippen LogP contribution in [0.15, 0.2) is 66.7 Å². The summed E-state index contributed by atoms with van der Waals surface area (Å²) in [7, 11) is 12.0. The predicted molar refractivity (Wildman–Crippen MR) is 128 cm³/mol. The molecular weight excluding hydrogens is 386 g/mol. The maximum atomic E-state index is 13.1. The Hall–Kier alpha value is -3.47. The van der Waals surface area contributed by atoms with E-state index in [0.717, 1.165) is 33.8 Å². The van der Waals surface area contributed by atoms with Crippen LogP contribution in [0.1, 0.15) is 27.0 Å². The van der Waals surface area contributed by atoms with Crippen LogP contribution in [0, 0.1) is 0 Å². The molecule has 1 heterocycles. The molecule has 4 rings (SSSR count). The molecule has 0 radical (unpaired) electrons. The summed E-state index contributed by atoms with van der Waals surface area (Å²) in [4.78, 5) is 19.3. The fourth-order valence-corrected chi connectivity index (χ4v) is 4.26. The summed E-state index contributed by atoms with van der Waals surface area (Å²) < 4.78 is 6.29. The largest absolute Gasteiger partial charge is 0.440 e. The first-order valence-corrected chi connectivity index (χ1v) is 10.4. The molecule has 0 aliphatic carbocycles. The van der Waals surface area contributed by atoms with Crippen molar-refractivity contribution in [2.24, 2.45) is 0 Å². The van der Waals surface area contributed by atoms with Gasteiger partial charge >= 0.3 is 5.97 Å². The predicted octanol–water partition coefficient (Wildman–Crippen LogP) is 4.35. The van der Waals surface area contributed by atoms with Crippen molar-refractivity contribution in [2.45, 2.75) is 5.60 Å². The van der Waals surface area contributed by atoms with Gasteiger partial charge in [0.15, 0.2) is 5.60 Å². The highest BCUT2D eigenvalue weighted by atomic mass is 16.6. The number of hydrogen-bond acceptors (Lipinski definition) is 5. The Labute approximate surface area is 184 Å². The average Bonchev–Trinajstić information content (AvgIpc) is 3.07. The second kappa shape index (κ2) is 7.65. The van der Waals surface area contributed by atoms with Gasteiger partial charge in [0, 0.05) is 76.0 Å². The van der Waals surface area contributed by atoms with Crippen molar-refractivity contribution in [1.82, 2.24) is 0 Å². The van der Waals surface area contributed by atoms with E-state index in [4.69, 9.17) is 4.74 Å². The summed E-state index contributed by atoms with van der Waals surface area (Å²) in [6.07, 6.45) is 0. The third kappa shape index (κ3) is 3.30. The molecule has 1 aliphatic heterocycles. The molecule has 0 atom stereocenters. The number of ether oxygens (including phenoxy) is 1. The molecule has 3 aromatic carbocycles. The number of rotatable bonds is 5. The van der Waals surface area contributed by atoms with Gasteiger partial charge in [0.2, 0.25) is 0 Å². The molecule has 0 unspecified atom stereocenters. The van der Waals surface area contributed by atoms with E-state index in [2.05, 4.69) is 58.3 Å². The second-order valence-electron chi connectivity index (χ2n) is 8.55. The minimum atomic E-state index is -1.01. The number of benzene rings is 3. The molecule has 3 aromatic rings. The topological polar surface area (TPSA) is 36.0 Å². The van der Waals surface area contributed by atoms with Crippen LogP contribution in [0.3, 0.4) is 0 Å². The van der Waals surface area contributed by atoms with E-state index in [0.29, 0.717) is 5.56 Å². The summed E-state index contributed by atoms with van der Waals surface area (Å²) in [6.45, 7) is 0. The Kier molecular flexibility index (Phi) is 5.13. The number of carbonyl (C=O) groups is 1. The van der Waals surface area contributed by atoms with Gasteiger partial charge in [-0.2, -0.15) is 0 Å². The molecule has 31 heavy (non-hydrogen) atoms. The molecule has 0 spiro atoms. The molecule has 0 saturated heterocycles. The summed E-state index contributed by atoms with van der Waals surface area (Å²) >= 11 is 0. The van der Waals surface area contributed by atoms with E-state index < -0.39 is 5.60 Å². The Morgan fingerprint density at radius 3 is 1.55 bits per heavy atom. The molecule has 0 bridgehead atoms. The minimum Gasteiger partial charge on any atom is -0.440 e. The van der Waals surface area contributed by atoms with Gasteiger partial charge in [-0.3, -0.25) is 0 Å². The number of esters is 1. The van der Waals surface area contributed by atoms with Gasteiger partial charge in [-0.25, -0.2) is 4.79 Å². The van der Waals surface area contributed by atoms with Gasteiger partial charge in [0.05, 0.1) is 5.56 Å². The third-order valence-electron chi connectivity index (χ3n) is 5.92. The summed E-state index contributed by atoms with van der Waals surface area (Å²) in [6, 6.07) is 22.3. The van der Waals surface area contributed by atoms with Crippen molar-refractivity contribution in [3.63, 3.8) is 0 Å². The van der Waals surface area contributed by atoms with Crippen molar-refractivity contribution in [3.05, 3.63) is 89.0 Å². The van der Waals surface area contributed by atoms with Crippen LogP contribution >= 0.6 is 0 Å². The Morgan fingerprint density at radius 1 is 0.645 bits per heavy atom. The first-order valence-electron chi connectivity index (χ1n) is 10.4. The van der Waals surface area contributed by atoms with Gasteiger partial charge in [0.25, 0.3) is 0 Å². The fraction of sp³-hybridized carbons (Fsp3) is 0.269. The smallest absolute Gasteiger partial charge is 0.340 e. The van der Waals surface area contributed by atoms with Crippen LogP contribution in [0.2, 0.25) is 0 Å². The molecule has 160 valence electrons. The first-order chi connectivity index (χ1) is 14.8. The summed E-state index contributed by atoms with van der Waals surface area (Å²) in [5.41, 5.74) is 5.49. The Morgan fingerprint density at radius 2 is 1.13 bits per heavy atom. The highest BCUT2D eigenvalue weighted by molar-refractivity contribution is 5.98. The van der Waals surface area contributed by atoms with Crippen LogP contribution in [-0.2, 0) is 10.3 Å². The maximum Gasteiger partial charge on any atom is 0.340 e. The van der Waals surface area contributed by atoms with Crippen molar-refractivity contribution < 1.29 is 9.53 Å². The van der Waals surface area contributed by atoms with Crippen LogP contribution in [-0.4, -0.2) is 48.3 Å². The van der Waals surface area contributed by atoms with Gasteiger partial charge in [-0.05, 0) is 36.4 Å². The standard InChI is InChI=1S/C26H29N3O2/c1-27(2)20-14-10-18(11-15-20)26(19-12-16-21(17-13-19)28(3)4)24-22(25(30)31-26)8-7-9-23(24)29(5)6/h7-17H,1-6H3. The third-order valence-corrected chi connectivity index (χ3v) is 5.92. The van der Waals surface area contributed by atoms with E-state index in [9.17, 15) is 4.79 Å². The number of nitrogens with zero attached hydrogens (tertiary/aromatic N) is 3. The number of fused-ring (bicyclic) bond motifs is 1. The van der Waals surface area contributed by atoms with E-state index in [1.165, 1.54) is 0 Å². The molecular formula is C26H29N3O2. The lowest BCUT2D eigenvalue weighted by molar-refractivity contribution is 0.0252. The quantitative estimate of drug-likeness (QED) is 0.579. The zero-order valence-corrected chi connectivity index (χ0v) is 19.0. The van der Waals surface area contributed by atoms with Crippen molar-refractivity contribution in [2.75, 3.05) is 57.0 Å². The summed E-state index contributed by atoms with van der Waals surface area (Å²) in [5, 5.41) is 0. The normalized spacial score (nSPS) is 14.1. The highest BCUT2D eigenvalue weighted by Crippen LogP contribution is 2.50. The van der Waals surface area contributed by atoms with Crippen LogP contribution < -0.4 is 14.7 Å². The number of hydrogen-bond donors (Lipinski definition) is 0. The molecule has 5 nitrogen and oxygen atoms in total. The molecule has 0 saturated carbocycles. The monoisotopic (exact) mass is 415 g/mol. The zero-order chi connectivity index (χ0) is 22.3. The lowest BCUT2D eigenvalue weighted by atomic mass is 9.78. The maximum absolute atomic E-state index is 13.1. The van der Waals surface area contributed by atoms with Gasteiger partial charge in [0.1, 0.15) is 0 Å². The molecule has 5 heteroatoms. The highest BCUT2D eigenvalue weighted by Gasteiger charge is 2.50. The second-order valence-corrected chi connectivity index (χ2v) is 8.55. The van der Waals surface area contributed by atoms with Crippen molar-refractivity contribution >= 4 is 23.0 Å². The van der Waals surface area contributed by atoms with E-state index >= 15 is 0 Å². The lowest BCUT2D eigenvalue weighted by Gasteiger charge is -2.33. The van der Waals surface area contributed by atoms with E-state index in [1.807, 2.05) is 65.4 Å². The number of anilines is 3. The lowest BCUT2D eigenvalue weighted by Crippen LogP contribution is -2.31. The Balaban J connectivity index is 2.02. The van der Waals surface area contributed by atoms with Crippen molar-refractivity contribution in [1.29, 1.82) is 0 Å². The van der Waals surface area contributed by atoms with Crippen molar-refractivity contribution in [3.8, 4) is 0 Å². The Bertz CT molecular complexity index is 1050. The summed E-state index contributed by atoms with van der Waals surface area (Å²) in [5.74, 6) is -0.299. The van der Waals surface area contributed by atoms with Gasteiger partial charge in [-0.15, -0.1) is 0 Å². The van der Waals surface area contributed by atoms with Crippen LogP contribution in [0.25, 0.3) is 0 Å². The first kappa shape index (κ1) is 20.8. The molecule has 1 aliphatic rings. The van der Waals surface area contributed by atoms with Crippen LogP contribution in [0.5, 0.6) is 0 Å². The van der Waals surface area contributed by atoms with Gasteiger partial charge < -0.3 is 19.4 Å². The van der Waals surface area contributed by atoms with E-state index in [1.54, 1.807) is 0 Å². The van der Waals surface area contributed by atoms with E-state index in [-0.39, 0.29) is 5.97 Å². The SMILES string of the molecule is CN(C)c1ccc(C2(c3ccc(N(C)C)cc3)OC(=O)c3cccc(N(C)C)c32)cc1. The molecule has 0 amide bonds. The van der Waals surface area contributed by atoms with Gasteiger partial charge in [-0.1, -0.05) is 30.3 Å². The number of cyclic esters (lactones) is 1. The van der Waals surface area contributed by atoms with Crippen LogP contribution in [0.4, 0.5) is 17.1 Å². The molecule has 0 N–H and O–H groups in total. The molecule has 0 fully saturated rings. The molecule has 0 aromatic heterocycles. The average molecular weight is 416 g/mol. The fourth-order valence-electron chi connectivity index (χ4n) is 4.26. The zero-order valence-electron chi connectivity index (χ0n) is 19.0.